The Labute approximate surface area is 189 Å². The van der Waals surface area contributed by atoms with Gasteiger partial charge in [0, 0.05) is 18.6 Å². The number of rotatable bonds is 6. The van der Waals surface area contributed by atoms with Gasteiger partial charge in [-0.1, -0.05) is 19.1 Å². The number of carbonyl (C=O) groups excluding carboxylic acids is 1. The fourth-order valence-electron chi connectivity index (χ4n) is 4.39. The van der Waals surface area contributed by atoms with Crippen LogP contribution in [0.1, 0.15) is 56.1 Å². The maximum absolute atomic E-state index is 11.9. The van der Waals surface area contributed by atoms with E-state index in [1.165, 1.54) is 5.56 Å². The maximum Gasteiger partial charge on any atom is 0.315 e. The van der Waals surface area contributed by atoms with Crippen LogP contribution in [0.5, 0.6) is 0 Å². The zero-order valence-corrected chi connectivity index (χ0v) is 19.4. The van der Waals surface area contributed by atoms with E-state index in [0.717, 1.165) is 66.2 Å². The third-order valence-electron chi connectivity index (χ3n) is 6.00. The van der Waals surface area contributed by atoms with Crippen molar-refractivity contribution in [3.05, 3.63) is 41.3 Å². The fourth-order valence-corrected chi connectivity index (χ4v) is 4.39. The number of aromatic nitrogens is 4. The van der Waals surface area contributed by atoms with Crippen LogP contribution in [0.3, 0.4) is 0 Å². The van der Waals surface area contributed by atoms with Crippen molar-refractivity contribution in [2.24, 2.45) is 0 Å². The number of fused-ring (bicyclic) bond motifs is 1. The molecule has 0 atom stereocenters. The lowest BCUT2D eigenvalue weighted by atomic mass is 9.91. The van der Waals surface area contributed by atoms with Crippen LogP contribution >= 0.6 is 0 Å². The van der Waals surface area contributed by atoms with E-state index in [1.807, 2.05) is 30.7 Å². The quantitative estimate of drug-likeness (QED) is 0.540. The number of carbonyl (C=O) groups is 1. The number of amides is 2. The van der Waals surface area contributed by atoms with E-state index in [1.54, 1.807) is 0 Å². The second-order valence-electron chi connectivity index (χ2n) is 8.75. The standard InChI is InChI=1S/C24H33N7O/c1-5-13-25-24(32)29-19-11-9-18(10-12-19)28-22-21-16(3)30-31(23(21)27-17(4)26-22)20-8-6-7-15(2)14-20/h6-8,14,18-19H,5,9-13H2,1-4H3,(H2,25,29,32)(H,26,27,28). The van der Waals surface area contributed by atoms with E-state index in [0.29, 0.717) is 12.6 Å². The number of anilines is 1. The van der Waals surface area contributed by atoms with Gasteiger partial charge in [0.1, 0.15) is 11.6 Å². The Kier molecular flexibility index (Phi) is 6.58. The van der Waals surface area contributed by atoms with Crippen molar-refractivity contribution < 1.29 is 4.79 Å². The summed E-state index contributed by atoms with van der Waals surface area (Å²) in [5.41, 5.74) is 3.92. The minimum absolute atomic E-state index is 0.0596. The SMILES string of the molecule is CCCNC(=O)NC1CCC(Nc2nc(C)nc3c2c(C)nn3-c2cccc(C)c2)CC1. The molecule has 3 aromatic rings. The zero-order chi connectivity index (χ0) is 22.7. The van der Waals surface area contributed by atoms with Gasteiger partial charge in [-0.3, -0.25) is 0 Å². The number of hydrogen-bond donors (Lipinski definition) is 3. The van der Waals surface area contributed by atoms with Gasteiger partial charge in [-0.2, -0.15) is 5.10 Å². The molecule has 2 heterocycles. The molecule has 32 heavy (non-hydrogen) atoms. The van der Waals surface area contributed by atoms with Crippen LogP contribution in [0, 0.1) is 20.8 Å². The summed E-state index contributed by atoms with van der Waals surface area (Å²) in [6, 6.07) is 8.75. The van der Waals surface area contributed by atoms with Gasteiger partial charge in [-0.25, -0.2) is 19.4 Å². The highest BCUT2D eigenvalue weighted by atomic mass is 16.2. The molecule has 4 rings (SSSR count). The lowest BCUT2D eigenvalue weighted by Gasteiger charge is -2.30. The van der Waals surface area contributed by atoms with Crippen LogP contribution in [-0.2, 0) is 0 Å². The molecular weight excluding hydrogens is 402 g/mol. The third-order valence-corrected chi connectivity index (χ3v) is 6.00. The second-order valence-corrected chi connectivity index (χ2v) is 8.75. The van der Waals surface area contributed by atoms with Gasteiger partial charge in [-0.05, 0) is 70.6 Å². The smallest absolute Gasteiger partial charge is 0.315 e. The molecule has 1 aliphatic carbocycles. The Morgan fingerprint density at radius 2 is 1.84 bits per heavy atom. The molecule has 3 N–H and O–H groups in total. The summed E-state index contributed by atoms with van der Waals surface area (Å²) in [7, 11) is 0. The first-order chi connectivity index (χ1) is 15.4. The summed E-state index contributed by atoms with van der Waals surface area (Å²) in [5, 5.41) is 15.4. The average molecular weight is 436 g/mol. The molecule has 2 aromatic heterocycles. The third kappa shape index (κ3) is 4.84. The lowest BCUT2D eigenvalue weighted by molar-refractivity contribution is 0.232. The summed E-state index contributed by atoms with van der Waals surface area (Å²) < 4.78 is 1.91. The normalized spacial score (nSPS) is 18.5. The highest BCUT2D eigenvalue weighted by molar-refractivity contribution is 5.90. The van der Waals surface area contributed by atoms with E-state index in [2.05, 4.69) is 41.9 Å². The van der Waals surface area contributed by atoms with Crippen LogP contribution < -0.4 is 16.0 Å². The molecule has 1 saturated carbocycles. The van der Waals surface area contributed by atoms with Crippen LogP contribution in [0.25, 0.3) is 16.7 Å². The number of benzene rings is 1. The number of hydrogen-bond acceptors (Lipinski definition) is 5. The van der Waals surface area contributed by atoms with Crippen molar-refractivity contribution in [3.63, 3.8) is 0 Å². The lowest BCUT2D eigenvalue weighted by Crippen LogP contribution is -2.45. The second kappa shape index (κ2) is 9.54. The van der Waals surface area contributed by atoms with Crippen molar-refractivity contribution in [1.82, 2.24) is 30.4 Å². The molecular formula is C24H33N7O. The summed E-state index contributed by atoms with van der Waals surface area (Å²) in [4.78, 5) is 21.4. The summed E-state index contributed by atoms with van der Waals surface area (Å²) in [6.07, 6.45) is 4.80. The van der Waals surface area contributed by atoms with Crippen molar-refractivity contribution >= 4 is 22.9 Å². The molecule has 1 aliphatic rings. The van der Waals surface area contributed by atoms with Crippen LogP contribution in [0.15, 0.2) is 24.3 Å². The van der Waals surface area contributed by atoms with Gasteiger partial charge in [0.15, 0.2) is 5.65 Å². The number of nitrogens with one attached hydrogen (secondary N) is 3. The van der Waals surface area contributed by atoms with Crippen LogP contribution in [0.2, 0.25) is 0 Å². The zero-order valence-electron chi connectivity index (χ0n) is 19.4. The highest BCUT2D eigenvalue weighted by Gasteiger charge is 2.24. The first-order valence-corrected chi connectivity index (χ1v) is 11.6. The number of nitrogens with zero attached hydrogens (tertiary/aromatic N) is 4. The van der Waals surface area contributed by atoms with E-state index >= 15 is 0 Å². The molecule has 8 heteroatoms. The molecule has 0 spiro atoms. The molecule has 0 saturated heterocycles. The van der Waals surface area contributed by atoms with E-state index in [-0.39, 0.29) is 12.1 Å². The van der Waals surface area contributed by atoms with Crippen LogP contribution in [0.4, 0.5) is 10.6 Å². The number of urea groups is 1. The van der Waals surface area contributed by atoms with Crippen LogP contribution in [-0.4, -0.2) is 44.4 Å². The molecule has 0 bridgehead atoms. The monoisotopic (exact) mass is 435 g/mol. The van der Waals surface area contributed by atoms with Gasteiger partial charge in [0.2, 0.25) is 0 Å². The van der Waals surface area contributed by atoms with Crippen molar-refractivity contribution in [2.75, 3.05) is 11.9 Å². The van der Waals surface area contributed by atoms with Gasteiger partial charge in [0.25, 0.3) is 0 Å². The Hall–Kier alpha value is -3.16. The van der Waals surface area contributed by atoms with Crippen molar-refractivity contribution in [1.29, 1.82) is 0 Å². The largest absolute Gasteiger partial charge is 0.367 e. The molecule has 2 amide bonds. The predicted molar refractivity (Wildman–Crippen MR) is 127 cm³/mol. The van der Waals surface area contributed by atoms with Gasteiger partial charge >= 0.3 is 6.03 Å². The Morgan fingerprint density at radius 1 is 1.09 bits per heavy atom. The molecule has 1 fully saturated rings. The van der Waals surface area contributed by atoms with Gasteiger partial charge < -0.3 is 16.0 Å². The Bertz CT molecular complexity index is 1100. The maximum atomic E-state index is 11.9. The minimum Gasteiger partial charge on any atom is -0.367 e. The molecule has 0 radical (unpaired) electrons. The Balaban J connectivity index is 1.50. The molecule has 0 unspecified atom stereocenters. The van der Waals surface area contributed by atoms with Crippen molar-refractivity contribution in [3.8, 4) is 5.69 Å². The van der Waals surface area contributed by atoms with Crippen molar-refractivity contribution in [2.45, 2.75) is 71.9 Å². The summed E-state index contributed by atoms with van der Waals surface area (Å²) >= 11 is 0. The minimum atomic E-state index is -0.0596. The van der Waals surface area contributed by atoms with E-state index < -0.39 is 0 Å². The van der Waals surface area contributed by atoms with Gasteiger partial charge in [0.05, 0.1) is 16.8 Å². The van der Waals surface area contributed by atoms with E-state index in [4.69, 9.17) is 15.1 Å². The summed E-state index contributed by atoms with van der Waals surface area (Å²) in [6.45, 7) is 8.77. The highest BCUT2D eigenvalue weighted by Crippen LogP contribution is 2.29. The molecule has 0 aliphatic heterocycles. The van der Waals surface area contributed by atoms with E-state index in [9.17, 15) is 4.79 Å². The summed E-state index contributed by atoms with van der Waals surface area (Å²) in [5.74, 6) is 1.57. The fraction of sp³-hybridized carbons (Fsp3) is 0.500. The molecule has 170 valence electrons. The first kappa shape index (κ1) is 22.0. The topological polar surface area (TPSA) is 96.8 Å². The predicted octanol–water partition coefficient (Wildman–Crippen LogP) is 4.17. The molecule has 1 aromatic carbocycles. The van der Waals surface area contributed by atoms with Gasteiger partial charge in [-0.15, -0.1) is 0 Å². The number of aryl methyl sites for hydroxylation is 3. The first-order valence-electron chi connectivity index (χ1n) is 11.6. The Morgan fingerprint density at radius 3 is 2.56 bits per heavy atom. The average Bonchev–Trinajstić information content (AvgIpc) is 3.10. The molecule has 8 nitrogen and oxygen atoms in total.